The summed E-state index contributed by atoms with van der Waals surface area (Å²) in [6.45, 7) is 3.83. The highest BCUT2D eigenvalue weighted by atomic mass is 35.5. The molecule has 8 nitrogen and oxygen atoms in total. The molecule has 0 bridgehead atoms. The third-order valence-electron chi connectivity index (χ3n) is 6.01. The van der Waals surface area contributed by atoms with Gasteiger partial charge in [-0.05, 0) is 43.9 Å². The van der Waals surface area contributed by atoms with Crippen LogP contribution < -0.4 is 10.5 Å². The molecule has 0 aliphatic carbocycles. The minimum Gasteiger partial charge on any atom is -0.406 e. The lowest BCUT2D eigenvalue weighted by Gasteiger charge is -2.40. The van der Waals surface area contributed by atoms with Crippen LogP contribution in [0.25, 0.3) is 0 Å². The molecular weight excluding hydrogens is 463 g/mol. The molecule has 2 unspecified atom stereocenters. The Morgan fingerprint density at radius 2 is 1.76 bits per heavy atom. The molecule has 0 radical (unpaired) electrons. The zero-order chi connectivity index (χ0) is 22.9. The van der Waals surface area contributed by atoms with Crippen LogP contribution in [-0.2, 0) is 0 Å². The summed E-state index contributed by atoms with van der Waals surface area (Å²) >= 11 is 0. The van der Waals surface area contributed by atoms with E-state index in [1.807, 2.05) is 4.90 Å². The van der Waals surface area contributed by atoms with Crippen molar-refractivity contribution in [1.29, 1.82) is 0 Å². The third-order valence-corrected chi connectivity index (χ3v) is 6.01. The van der Waals surface area contributed by atoms with Crippen LogP contribution in [0.3, 0.4) is 0 Å². The zero-order valence-corrected chi connectivity index (χ0v) is 18.9. The average Bonchev–Trinajstić information content (AvgIpc) is 3.19. The van der Waals surface area contributed by atoms with Gasteiger partial charge in [-0.2, -0.15) is 4.98 Å². The number of halogens is 4. The third kappa shape index (κ3) is 6.29. The lowest BCUT2D eigenvalue weighted by Crippen LogP contribution is -2.52. The van der Waals surface area contributed by atoms with Gasteiger partial charge in [0, 0.05) is 38.1 Å². The predicted octanol–water partition coefficient (Wildman–Crippen LogP) is 3.81. The minimum absolute atomic E-state index is 0. The second kappa shape index (κ2) is 10.2. The van der Waals surface area contributed by atoms with Crippen molar-refractivity contribution in [3.05, 3.63) is 41.5 Å². The maximum absolute atomic E-state index is 13.2. The Balaban J connectivity index is 0.00000306. The van der Waals surface area contributed by atoms with Crippen molar-refractivity contribution in [1.82, 2.24) is 19.9 Å². The van der Waals surface area contributed by atoms with Crippen LogP contribution in [-0.4, -0.2) is 64.6 Å². The summed E-state index contributed by atoms with van der Waals surface area (Å²) in [7, 11) is 0. The van der Waals surface area contributed by atoms with Crippen molar-refractivity contribution < 1.29 is 27.2 Å². The van der Waals surface area contributed by atoms with Gasteiger partial charge in [0.2, 0.25) is 5.89 Å². The van der Waals surface area contributed by atoms with E-state index in [0.29, 0.717) is 44.3 Å². The van der Waals surface area contributed by atoms with E-state index in [-0.39, 0.29) is 42.1 Å². The van der Waals surface area contributed by atoms with Gasteiger partial charge in [-0.15, -0.1) is 25.6 Å². The highest BCUT2D eigenvalue weighted by Gasteiger charge is 2.37. The van der Waals surface area contributed by atoms with Gasteiger partial charge in [0.1, 0.15) is 5.75 Å². The van der Waals surface area contributed by atoms with Gasteiger partial charge >= 0.3 is 12.4 Å². The molecule has 1 aromatic heterocycles. The fourth-order valence-corrected chi connectivity index (χ4v) is 4.39. The smallest absolute Gasteiger partial charge is 0.406 e. The van der Waals surface area contributed by atoms with E-state index >= 15 is 0 Å². The number of likely N-dealkylation sites (tertiary alicyclic amines) is 2. The average molecular weight is 490 g/mol. The number of nitrogens with zero attached hydrogens (tertiary/aromatic N) is 4. The number of benzene rings is 1. The lowest BCUT2D eigenvalue weighted by atomic mass is 9.84. The molecule has 12 heteroatoms. The van der Waals surface area contributed by atoms with E-state index in [9.17, 15) is 18.0 Å². The van der Waals surface area contributed by atoms with Crippen LogP contribution in [0.15, 0.2) is 28.8 Å². The normalized spacial score (nSPS) is 22.1. The molecule has 2 amide bonds. The Bertz CT molecular complexity index is 932. The Labute approximate surface area is 195 Å². The first kappa shape index (κ1) is 25.1. The molecule has 2 aromatic rings. The second-order valence-electron chi connectivity index (χ2n) is 8.44. The molecule has 2 saturated heterocycles. The maximum atomic E-state index is 13.2. The van der Waals surface area contributed by atoms with Gasteiger partial charge in [0.05, 0.1) is 5.92 Å². The number of rotatable bonds is 3. The van der Waals surface area contributed by atoms with Crippen molar-refractivity contribution in [2.75, 3.05) is 26.2 Å². The Morgan fingerprint density at radius 1 is 1.12 bits per heavy atom. The molecule has 2 aliphatic heterocycles. The molecule has 2 N–H and O–H groups in total. The molecular formula is C21H27ClF3N5O3. The number of carbonyl (C=O) groups is 1. The maximum Gasteiger partial charge on any atom is 0.573 e. The summed E-state index contributed by atoms with van der Waals surface area (Å²) in [6.07, 6.45) is -2.59. The van der Waals surface area contributed by atoms with Gasteiger partial charge in [-0.3, -0.25) is 0 Å². The molecule has 2 fully saturated rings. The van der Waals surface area contributed by atoms with E-state index in [1.165, 1.54) is 12.1 Å². The molecule has 1 aromatic carbocycles. The molecule has 2 atom stereocenters. The van der Waals surface area contributed by atoms with Crippen molar-refractivity contribution in [3.63, 3.8) is 0 Å². The van der Waals surface area contributed by atoms with Crippen LogP contribution in [0.2, 0.25) is 0 Å². The van der Waals surface area contributed by atoms with E-state index in [2.05, 4.69) is 14.9 Å². The monoisotopic (exact) mass is 489 g/mol. The number of alkyl halides is 3. The Hall–Kier alpha value is -2.53. The number of hydrogen-bond acceptors (Lipinski definition) is 6. The summed E-state index contributed by atoms with van der Waals surface area (Å²) in [5.74, 6) is 0.425. The van der Waals surface area contributed by atoms with E-state index in [0.717, 1.165) is 18.4 Å². The number of hydrogen-bond donors (Lipinski definition) is 1. The molecule has 33 heavy (non-hydrogen) atoms. The summed E-state index contributed by atoms with van der Waals surface area (Å²) < 4.78 is 46.8. The minimum atomic E-state index is -4.74. The van der Waals surface area contributed by atoms with Crippen molar-refractivity contribution in [3.8, 4) is 5.75 Å². The number of aryl methyl sites for hydroxylation is 1. The lowest BCUT2D eigenvalue weighted by molar-refractivity contribution is -0.274. The number of piperidine rings is 2. The Morgan fingerprint density at radius 3 is 2.33 bits per heavy atom. The highest BCUT2D eigenvalue weighted by molar-refractivity contribution is 5.85. The van der Waals surface area contributed by atoms with Crippen LogP contribution >= 0.6 is 12.4 Å². The predicted molar refractivity (Wildman–Crippen MR) is 115 cm³/mol. The fourth-order valence-electron chi connectivity index (χ4n) is 4.39. The van der Waals surface area contributed by atoms with Crippen molar-refractivity contribution in [2.24, 2.45) is 5.73 Å². The topological polar surface area (TPSA) is 97.7 Å². The van der Waals surface area contributed by atoms with E-state index < -0.39 is 6.36 Å². The first-order chi connectivity index (χ1) is 15.2. The van der Waals surface area contributed by atoms with E-state index in [1.54, 1.807) is 24.0 Å². The van der Waals surface area contributed by atoms with Crippen LogP contribution in [0, 0.1) is 6.92 Å². The fraction of sp³-hybridized carbons (Fsp3) is 0.571. The van der Waals surface area contributed by atoms with Crippen LogP contribution in [0.4, 0.5) is 18.0 Å². The SMILES string of the molecule is Cc1noc(C2CC(c3ccc(OC(F)(F)F)cc3)CN(C(=O)N3CCC(N)CC3)C2)n1.Cl. The zero-order valence-electron chi connectivity index (χ0n) is 18.1. The van der Waals surface area contributed by atoms with Crippen LogP contribution in [0.1, 0.15) is 48.4 Å². The number of amides is 2. The number of nitrogens with two attached hydrogens (primary N) is 1. The van der Waals surface area contributed by atoms with Crippen molar-refractivity contribution >= 4 is 18.4 Å². The molecule has 4 rings (SSSR count). The molecule has 182 valence electrons. The summed E-state index contributed by atoms with van der Waals surface area (Å²) in [4.78, 5) is 21.2. The van der Waals surface area contributed by atoms with Crippen molar-refractivity contribution in [2.45, 2.75) is 50.4 Å². The number of carbonyl (C=O) groups excluding carboxylic acids is 1. The quantitative estimate of drug-likeness (QED) is 0.704. The van der Waals surface area contributed by atoms with Gasteiger partial charge in [-0.25, -0.2) is 4.79 Å². The highest BCUT2D eigenvalue weighted by Crippen LogP contribution is 2.36. The van der Waals surface area contributed by atoms with Gasteiger partial charge in [-0.1, -0.05) is 17.3 Å². The molecule has 3 heterocycles. The first-order valence-corrected chi connectivity index (χ1v) is 10.6. The van der Waals surface area contributed by atoms with Gasteiger partial charge < -0.3 is 24.8 Å². The van der Waals surface area contributed by atoms with Gasteiger partial charge in [0.15, 0.2) is 5.82 Å². The largest absolute Gasteiger partial charge is 0.573 e. The number of aromatic nitrogens is 2. The first-order valence-electron chi connectivity index (χ1n) is 10.6. The van der Waals surface area contributed by atoms with Crippen LogP contribution in [0.5, 0.6) is 5.75 Å². The summed E-state index contributed by atoms with van der Waals surface area (Å²) in [5, 5.41) is 3.87. The summed E-state index contributed by atoms with van der Waals surface area (Å²) in [6, 6.07) is 5.84. The molecule has 2 aliphatic rings. The van der Waals surface area contributed by atoms with Gasteiger partial charge in [0.25, 0.3) is 0 Å². The second-order valence-corrected chi connectivity index (χ2v) is 8.44. The number of urea groups is 1. The molecule has 0 spiro atoms. The summed E-state index contributed by atoms with van der Waals surface area (Å²) in [5.41, 5.74) is 6.78. The molecule has 0 saturated carbocycles. The number of ether oxygens (including phenoxy) is 1. The Kier molecular flexibility index (Phi) is 7.73. The standard InChI is InChI=1S/C21H26F3N5O3.ClH/c1-13-26-19(32-27-13)16-10-15(14-2-4-18(5-3-14)31-21(22,23)24)11-29(12-16)20(30)28-8-6-17(25)7-9-28;/h2-5,15-17H,6-12,25H2,1H3;1H. The van der Waals surface area contributed by atoms with E-state index in [4.69, 9.17) is 10.3 Å².